The quantitative estimate of drug-likeness (QED) is 0.407. The second kappa shape index (κ2) is 9.34. The van der Waals surface area contributed by atoms with Gasteiger partial charge in [0.05, 0.1) is 12.2 Å². The fourth-order valence-corrected chi connectivity index (χ4v) is 3.56. The van der Waals surface area contributed by atoms with Gasteiger partial charge in [0.2, 0.25) is 0 Å². The fraction of sp³-hybridized carbons (Fsp3) is 0.208. The number of aromatic nitrogens is 1. The normalized spacial score (nSPS) is 15.3. The third-order valence-electron chi connectivity index (χ3n) is 5.39. The van der Waals surface area contributed by atoms with Crippen LogP contribution in [0.5, 0.6) is 11.5 Å². The number of pyridine rings is 1. The fourth-order valence-electron chi connectivity index (χ4n) is 3.56. The summed E-state index contributed by atoms with van der Waals surface area (Å²) in [6, 6.07) is 17.3. The standard InChI is InChI=1S/C24H20F3N3O3.ClH/c1-23(2)21(31)30(17-12-13-28-20(14-17)24(25,26)27)22(32)29(23)15-16-8-6-7-11-19(16)33-18-9-4-3-5-10-18;/h3-14H,15H2,1-2H3;1H. The van der Waals surface area contributed by atoms with Gasteiger partial charge in [-0.1, -0.05) is 36.4 Å². The van der Waals surface area contributed by atoms with E-state index in [2.05, 4.69) is 4.98 Å². The highest BCUT2D eigenvalue weighted by molar-refractivity contribution is 6.22. The van der Waals surface area contributed by atoms with Crippen LogP contribution in [-0.4, -0.2) is 27.4 Å². The molecule has 0 radical (unpaired) electrons. The Bertz CT molecular complexity index is 1200. The van der Waals surface area contributed by atoms with Crippen molar-refractivity contribution in [2.24, 2.45) is 0 Å². The highest BCUT2D eigenvalue weighted by Crippen LogP contribution is 2.37. The third kappa shape index (κ3) is 4.70. The van der Waals surface area contributed by atoms with Gasteiger partial charge in [0.1, 0.15) is 22.7 Å². The van der Waals surface area contributed by atoms with E-state index >= 15 is 0 Å². The van der Waals surface area contributed by atoms with Crippen LogP contribution in [-0.2, 0) is 17.5 Å². The van der Waals surface area contributed by atoms with Gasteiger partial charge in [0, 0.05) is 11.8 Å². The molecule has 3 amide bonds. The second-order valence-electron chi connectivity index (χ2n) is 7.99. The van der Waals surface area contributed by atoms with Crippen molar-refractivity contribution in [2.75, 3.05) is 4.90 Å². The summed E-state index contributed by atoms with van der Waals surface area (Å²) < 4.78 is 45.3. The summed E-state index contributed by atoms with van der Waals surface area (Å²) in [6.07, 6.45) is -3.78. The molecular formula is C24H21ClF3N3O3. The number of benzene rings is 2. The Morgan fingerprint density at radius 2 is 1.62 bits per heavy atom. The number of halogens is 4. The number of hydrogen-bond acceptors (Lipinski definition) is 4. The lowest BCUT2D eigenvalue weighted by atomic mass is 10.0. The summed E-state index contributed by atoms with van der Waals surface area (Å²) in [7, 11) is 0. The van der Waals surface area contributed by atoms with Gasteiger partial charge in [-0.05, 0) is 44.2 Å². The van der Waals surface area contributed by atoms with E-state index in [-0.39, 0.29) is 24.6 Å². The lowest BCUT2D eigenvalue weighted by Gasteiger charge is -2.28. The van der Waals surface area contributed by atoms with Gasteiger partial charge in [-0.3, -0.25) is 9.78 Å². The molecule has 0 saturated carbocycles. The van der Waals surface area contributed by atoms with Gasteiger partial charge in [-0.2, -0.15) is 13.2 Å². The molecule has 0 atom stereocenters. The van der Waals surface area contributed by atoms with E-state index in [0.29, 0.717) is 23.1 Å². The first-order valence-corrected chi connectivity index (χ1v) is 10.1. The molecule has 0 spiro atoms. The maximum Gasteiger partial charge on any atom is 0.433 e. The number of carbonyl (C=O) groups excluding carboxylic acids is 2. The van der Waals surface area contributed by atoms with Crippen LogP contribution in [0.2, 0.25) is 0 Å². The van der Waals surface area contributed by atoms with E-state index in [1.807, 2.05) is 18.2 Å². The molecule has 0 unspecified atom stereocenters. The largest absolute Gasteiger partial charge is 0.457 e. The SMILES string of the molecule is CC1(C)C(=O)N(c2ccnc(C(F)(F)F)c2)C(=O)N1Cc1ccccc1Oc1ccccc1.Cl. The first kappa shape index (κ1) is 25.0. The number of alkyl halides is 3. The average Bonchev–Trinajstić information content (AvgIpc) is 2.94. The maximum absolute atomic E-state index is 13.3. The van der Waals surface area contributed by atoms with Crippen LogP contribution in [0, 0.1) is 0 Å². The molecule has 2 aromatic carbocycles. The van der Waals surface area contributed by atoms with Gasteiger partial charge >= 0.3 is 12.2 Å². The van der Waals surface area contributed by atoms with Crippen LogP contribution in [0.25, 0.3) is 0 Å². The number of ether oxygens (including phenoxy) is 1. The topological polar surface area (TPSA) is 62.7 Å². The lowest BCUT2D eigenvalue weighted by molar-refractivity contribution is -0.141. The average molecular weight is 492 g/mol. The van der Waals surface area contributed by atoms with Gasteiger partial charge in [0.15, 0.2) is 0 Å². The van der Waals surface area contributed by atoms with Crippen LogP contribution in [0.4, 0.5) is 23.7 Å². The van der Waals surface area contributed by atoms with Crippen LogP contribution in [0.1, 0.15) is 25.1 Å². The van der Waals surface area contributed by atoms with E-state index in [4.69, 9.17) is 4.74 Å². The number of anilines is 1. The van der Waals surface area contributed by atoms with Crippen LogP contribution >= 0.6 is 12.4 Å². The Morgan fingerprint density at radius 1 is 0.971 bits per heavy atom. The minimum atomic E-state index is -4.70. The number of para-hydroxylation sites is 2. The molecule has 1 aliphatic heterocycles. The molecule has 1 saturated heterocycles. The van der Waals surface area contributed by atoms with Gasteiger partial charge < -0.3 is 9.64 Å². The van der Waals surface area contributed by atoms with Gasteiger partial charge in [-0.25, -0.2) is 9.69 Å². The minimum Gasteiger partial charge on any atom is -0.457 e. The Morgan fingerprint density at radius 3 is 2.29 bits per heavy atom. The molecule has 1 aromatic heterocycles. The number of amides is 3. The number of hydrogen-bond donors (Lipinski definition) is 0. The van der Waals surface area contributed by atoms with Crippen molar-refractivity contribution in [3.05, 3.63) is 84.2 Å². The van der Waals surface area contributed by atoms with E-state index in [9.17, 15) is 22.8 Å². The summed E-state index contributed by atoms with van der Waals surface area (Å²) >= 11 is 0. The molecular weight excluding hydrogens is 471 g/mol. The molecule has 6 nitrogen and oxygen atoms in total. The lowest BCUT2D eigenvalue weighted by Crippen LogP contribution is -2.43. The summed E-state index contributed by atoms with van der Waals surface area (Å²) in [5.74, 6) is 0.473. The van der Waals surface area contributed by atoms with E-state index in [1.54, 1.807) is 50.2 Å². The number of nitrogens with zero attached hydrogens (tertiary/aromatic N) is 3. The Balaban J connectivity index is 0.00000324. The minimum absolute atomic E-state index is 0. The highest BCUT2D eigenvalue weighted by Gasteiger charge is 2.52. The zero-order valence-electron chi connectivity index (χ0n) is 18.2. The molecule has 2 heterocycles. The predicted molar refractivity (Wildman–Crippen MR) is 122 cm³/mol. The smallest absolute Gasteiger partial charge is 0.433 e. The molecule has 3 aromatic rings. The molecule has 0 aliphatic carbocycles. The predicted octanol–water partition coefficient (Wildman–Crippen LogP) is 6.06. The van der Waals surface area contributed by atoms with Crippen molar-refractivity contribution in [1.82, 2.24) is 9.88 Å². The zero-order chi connectivity index (χ0) is 23.8. The third-order valence-corrected chi connectivity index (χ3v) is 5.39. The Kier molecular flexibility index (Phi) is 6.88. The zero-order valence-corrected chi connectivity index (χ0v) is 19.1. The molecule has 1 aliphatic rings. The highest BCUT2D eigenvalue weighted by atomic mass is 35.5. The van der Waals surface area contributed by atoms with Crippen molar-refractivity contribution >= 4 is 30.0 Å². The molecule has 0 bridgehead atoms. The number of rotatable bonds is 5. The molecule has 0 N–H and O–H groups in total. The van der Waals surface area contributed by atoms with Crippen molar-refractivity contribution < 1.29 is 27.5 Å². The molecule has 34 heavy (non-hydrogen) atoms. The first-order chi connectivity index (χ1) is 15.6. The molecule has 178 valence electrons. The summed E-state index contributed by atoms with van der Waals surface area (Å²) in [5.41, 5.74) is -2.02. The Hall–Kier alpha value is -3.59. The summed E-state index contributed by atoms with van der Waals surface area (Å²) in [5, 5.41) is 0. The van der Waals surface area contributed by atoms with Crippen molar-refractivity contribution in [3.8, 4) is 11.5 Å². The van der Waals surface area contributed by atoms with Crippen LogP contribution < -0.4 is 9.64 Å². The number of imide groups is 1. The molecule has 1 fully saturated rings. The van der Waals surface area contributed by atoms with E-state index < -0.39 is 29.3 Å². The molecule has 4 rings (SSSR count). The monoisotopic (exact) mass is 491 g/mol. The van der Waals surface area contributed by atoms with Crippen molar-refractivity contribution in [1.29, 1.82) is 0 Å². The number of urea groups is 1. The second-order valence-corrected chi connectivity index (χ2v) is 7.99. The number of carbonyl (C=O) groups is 2. The van der Waals surface area contributed by atoms with Crippen LogP contribution in [0.3, 0.4) is 0 Å². The van der Waals surface area contributed by atoms with Crippen molar-refractivity contribution in [2.45, 2.75) is 32.1 Å². The molecule has 10 heteroatoms. The van der Waals surface area contributed by atoms with Crippen LogP contribution in [0.15, 0.2) is 72.9 Å². The van der Waals surface area contributed by atoms with Crippen molar-refractivity contribution in [3.63, 3.8) is 0 Å². The van der Waals surface area contributed by atoms with Gasteiger partial charge in [0.25, 0.3) is 5.91 Å². The summed E-state index contributed by atoms with van der Waals surface area (Å²) in [4.78, 5) is 31.7. The van der Waals surface area contributed by atoms with E-state index in [0.717, 1.165) is 11.1 Å². The van der Waals surface area contributed by atoms with E-state index in [1.165, 1.54) is 11.0 Å². The van der Waals surface area contributed by atoms with Gasteiger partial charge in [-0.15, -0.1) is 12.4 Å². The first-order valence-electron chi connectivity index (χ1n) is 10.1. The Labute approximate surface area is 200 Å². The maximum atomic E-state index is 13.3. The summed E-state index contributed by atoms with van der Waals surface area (Å²) in [6.45, 7) is 3.13.